The van der Waals surface area contributed by atoms with Crippen molar-refractivity contribution in [2.24, 2.45) is 0 Å². The molecular weight excluding hydrogens is 426 g/mol. The Labute approximate surface area is 176 Å². The van der Waals surface area contributed by atoms with E-state index in [9.17, 15) is 40.2 Å². The summed E-state index contributed by atoms with van der Waals surface area (Å²) < 4.78 is 21.0. The Hall–Kier alpha value is -1.46. The van der Waals surface area contributed by atoms with Crippen molar-refractivity contribution in [2.45, 2.75) is 74.2 Å². The molecule has 2 aliphatic rings. The zero-order chi connectivity index (χ0) is 23.3. The summed E-state index contributed by atoms with van der Waals surface area (Å²) in [6, 6.07) is -1.27. The monoisotopic (exact) mass is 455 g/mol. The lowest BCUT2D eigenvalue weighted by Gasteiger charge is -2.47. The van der Waals surface area contributed by atoms with Crippen LogP contribution in [0.2, 0.25) is 0 Å². The molecule has 2 fully saturated rings. The van der Waals surface area contributed by atoms with Crippen LogP contribution in [0, 0.1) is 0 Å². The molecule has 31 heavy (non-hydrogen) atoms. The number of nitrogens with one attached hydrogen (secondary N) is 1. The molecule has 0 aromatic carbocycles. The summed E-state index contributed by atoms with van der Waals surface area (Å²) >= 11 is 0. The van der Waals surface area contributed by atoms with E-state index >= 15 is 0 Å². The van der Waals surface area contributed by atoms with Crippen LogP contribution in [-0.2, 0) is 28.5 Å². The summed E-state index contributed by atoms with van der Waals surface area (Å²) in [6.45, 7) is -0.656. The Bertz CT molecular complexity index is 609. The van der Waals surface area contributed by atoms with Crippen LogP contribution in [0.3, 0.4) is 0 Å². The van der Waals surface area contributed by atoms with Crippen molar-refractivity contribution in [2.75, 3.05) is 19.8 Å². The number of carbonyl (C=O) groups is 2. The molecule has 0 saturated carbocycles. The molecule has 0 aliphatic carbocycles. The first-order valence-corrected chi connectivity index (χ1v) is 9.56. The molecule has 14 nitrogen and oxygen atoms in total. The largest absolute Gasteiger partial charge is 0.410 e. The van der Waals surface area contributed by atoms with E-state index < -0.39 is 86.4 Å². The molecule has 2 heterocycles. The van der Waals surface area contributed by atoms with Gasteiger partial charge in [-0.2, -0.15) is 0 Å². The Morgan fingerprint density at radius 3 is 2.48 bits per heavy atom. The standard InChI is InChI=1S/C17H29NO13/c1-7(21)18-12-8(22)2-17(30-6-20,31-16(12)14(26)9(23)3-19)29-5-11-15(27)13(25)10(24)4-28-11/h6,8-16,19,22-27H,2-5H2,1H3,(H,18,21)/t8?,9-,10?,11?,12?,13?,14+,15?,16?,17?/m1/s1. The number of amides is 1. The van der Waals surface area contributed by atoms with E-state index in [4.69, 9.17) is 24.1 Å². The maximum atomic E-state index is 11.5. The van der Waals surface area contributed by atoms with Crippen LogP contribution >= 0.6 is 0 Å². The third-order valence-electron chi connectivity index (χ3n) is 5.13. The van der Waals surface area contributed by atoms with Crippen LogP contribution in [0.4, 0.5) is 0 Å². The minimum absolute atomic E-state index is 0.0614. The van der Waals surface area contributed by atoms with Crippen LogP contribution in [0.5, 0.6) is 0 Å². The third-order valence-corrected chi connectivity index (χ3v) is 5.13. The maximum Gasteiger partial charge on any atom is 0.332 e. The van der Waals surface area contributed by atoms with Gasteiger partial charge in [0, 0.05) is 6.92 Å². The minimum Gasteiger partial charge on any atom is -0.410 e. The van der Waals surface area contributed by atoms with Crippen molar-refractivity contribution in [3.8, 4) is 0 Å². The summed E-state index contributed by atoms with van der Waals surface area (Å²) in [4.78, 5) is 22.6. The first-order valence-electron chi connectivity index (χ1n) is 9.56. The van der Waals surface area contributed by atoms with Gasteiger partial charge in [-0.1, -0.05) is 0 Å². The Kier molecular flexibility index (Phi) is 9.08. The van der Waals surface area contributed by atoms with Crippen molar-refractivity contribution in [1.82, 2.24) is 5.32 Å². The van der Waals surface area contributed by atoms with Crippen LogP contribution in [0.1, 0.15) is 13.3 Å². The first-order chi connectivity index (χ1) is 14.5. The van der Waals surface area contributed by atoms with Gasteiger partial charge in [0.25, 0.3) is 6.47 Å². The predicted molar refractivity (Wildman–Crippen MR) is 95.8 cm³/mol. The fraction of sp³-hybridized carbons (Fsp3) is 0.882. The van der Waals surface area contributed by atoms with Gasteiger partial charge in [-0.05, 0) is 0 Å². The van der Waals surface area contributed by atoms with Gasteiger partial charge in [0.2, 0.25) is 5.91 Å². The molecule has 0 aromatic heterocycles. The lowest BCUT2D eigenvalue weighted by atomic mass is 9.91. The predicted octanol–water partition coefficient (Wildman–Crippen LogP) is -5.32. The number of hydrogen-bond acceptors (Lipinski definition) is 13. The average Bonchev–Trinajstić information content (AvgIpc) is 2.72. The van der Waals surface area contributed by atoms with E-state index in [2.05, 4.69) is 5.32 Å². The van der Waals surface area contributed by atoms with Gasteiger partial charge in [0.1, 0.15) is 42.7 Å². The molecule has 1 amide bonds. The normalized spacial score (nSPS) is 40.6. The van der Waals surface area contributed by atoms with Crippen LogP contribution < -0.4 is 5.32 Å². The first kappa shape index (κ1) is 25.8. The van der Waals surface area contributed by atoms with E-state index in [1.54, 1.807) is 0 Å². The number of ether oxygens (including phenoxy) is 4. The highest BCUT2D eigenvalue weighted by Gasteiger charge is 2.54. The number of aliphatic hydroxyl groups is 7. The number of carbonyl (C=O) groups excluding carboxylic acids is 2. The number of rotatable bonds is 9. The van der Waals surface area contributed by atoms with Crippen molar-refractivity contribution >= 4 is 12.4 Å². The molecule has 180 valence electrons. The van der Waals surface area contributed by atoms with E-state index in [0.717, 1.165) is 6.92 Å². The van der Waals surface area contributed by atoms with Crippen LogP contribution in [0.15, 0.2) is 0 Å². The quantitative estimate of drug-likeness (QED) is 0.120. The number of hydrogen-bond donors (Lipinski definition) is 8. The zero-order valence-electron chi connectivity index (χ0n) is 16.7. The van der Waals surface area contributed by atoms with E-state index in [0.29, 0.717) is 0 Å². The summed E-state index contributed by atoms with van der Waals surface area (Å²) in [5.41, 5.74) is 0. The molecule has 8 unspecified atom stereocenters. The maximum absolute atomic E-state index is 11.5. The second-order valence-electron chi connectivity index (χ2n) is 7.45. The highest BCUT2D eigenvalue weighted by atomic mass is 16.9. The molecule has 0 spiro atoms. The van der Waals surface area contributed by atoms with E-state index in [1.165, 1.54) is 0 Å². The number of aliphatic hydroxyl groups excluding tert-OH is 7. The molecule has 0 bridgehead atoms. The molecule has 14 heteroatoms. The highest BCUT2D eigenvalue weighted by molar-refractivity contribution is 5.73. The molecule has 2 aliphatic heterocycles. The van der Waals surface area contributed by atoms with Crippen molar-refractivity contribution in [3.63, 3.8) is 0 Å². The van der Waals surface area contributed by atoms with Gasteiger partial charge >= 0.3 is 5.97 Å². The summed E-state index contributed by atoms with van der Waals surface area (Å²) in [5.74, 6) is -2.93. The van der Waals surface area contributed by atoms with Crippen LogP contribution in [0.25, 0.3) is 0 Å². The van der Waals surface area contributed by atoms with Gasteiger partial charge in [0.05, 0.1) is 38.4 Å². The molecule has 2 rings (SSSR count). The van der Waals surface area contributed by atoms with Crippen molar-refractivity contribution in [1.29, 1.82) is 0 Å². The molecule has 2 saturated heterocycles. The highest BCUT2D eigenvalue weighted by Crippen LogP contribution is 2.34. The van der Waals surface area contributed by atoms with Gasteiger partial charge in [-0.25, -0.2) is 0 Å². The van der Waals surface area contributed by atoms with Gasteiger partial charge in [0.15, 0.2) is 0 Å². The molecular formula is C17H29NO13. The van der Waals surface area contributed by atoms with Gasteiger partial charge in [-0.15, -0.1) is 0 Å². The average molecular weight is 455 g/mol. The third kappa shape index (κ3) is 6.07. The Morgan fingerprint density at radius 2 is 1.90 bits per heavy atom. The second kappa shape index (κ2) is 10.9. The summed E-state index contributed by atoms with van der Waals surface area (Å²) in [5, 5.41) is 71.5. The van der Waals surface area contributed by atoms with Gasteiger partial charge < -0.3 is 60.0 Å². The molecule has 10 atom stereocenters. The molecule has 0 radical (unpaired) electrons. The lowest BCUT2D eigenvalue weighted by Crippen LogP contribution is -2.67. The Morgan fingerprint density at radius 1 is 1.23 bits per heavy atom. The van der Waals surface area contributed by atoms with E-state index in [-0.39, 0.29) is 13.1 Å². The van der Waals surface area contributed by atoms with Crippen molar-refractivity contribution in [3.05, 3.63) is 0 Å². The van der Waals surface area contributed by atoms with Crippen molar-refractivity contribution < 1.29 is 64.3 Å². The van der Waals surface area contributed by atoms with Gasteiger partial charge in [-0.3, -0.25) is 9.59 Å². The van der Waals surface area contributed by atoms with E-state index in [1.807, 2.05) is 0 Å². The molecule has 0 aromatic rings. The fourth-order valence-electron chi connectivity index (χ4n) is 3.45. The second-order valence-corrected chi connectivity index (χ2v) is 7.45. The summed E-state index contributed by atoms with van der Waals surface area (Å²) in [6.07, 6.45) is -12.8. The lowest BCUT2D eigenvalue weighted by molar-refractivity contribution is -0.414. The summed E-state index contributed by atoms with van der Waals surface area (Å²) in [7, 11) is 0. The molecule has 8 N–H and O–H groups in total. The zero-order valence-corrected chi connectivity index (χ0v) is 16.7. The Balaban J connectivity index is 2.22. The van der Waals surface area contributed by atoms with Crippen LogP contribution in [-0.4, -0.2) is 129 Å². The smallest absolute Gasteiger partial charge is 0.332 e. The SMILES string of the molecule is CC(=O)NC1C(O)CC(OC=O)(OCC2OCC(O)C(O)C2O)OC1[C@@H](O)[C@H](O)CO. The topological polar surface area (TPSA) is 225 Å². The fourth-order valence-corrected chi connectivity index (χ4v) is 3.45. The minimum atomic E-state index is -2.33.